The van der Waals surface area contributed by atoms with Crippen LogP contribution in [0.5, 0.6) is 5.75 Å². The number of carboxylic acid groups (broad SMARTS) is 1. The number of nitrogens with one attached hydrogen (secondary N) is 2. The van der Waals surface area contributed by atoms with Gasteiger partial charge in [0.2, 0.25) is 0 Å². The Labute approximate surface area is 247 Å². The standard InChI is InChI=1S/C30H23F4N5O5/c1-15(31)28(42)38-19-8-4-16(5-9-19)25-23(24-26(39(25)2)18(7-11-22(40)41)13-36-27(24)35)17-6-10-20(21(12-17)44-3)29(43)37-14-30(32,33)34/h4-6,8-10,12-13H,1,14H2,2-3H3,(H2,35,36)(H,37,43)(H,38,42)(H,40,41). The molecule has 0 radical (unpaired) electrons. The molecule has 0 atom stereocenters. The first-order chi connectivity index (χ1) is 20.7. The predicted octanol–water partition coefficient (Wildman–Crippen LogP) is 4.65. The van der Waals surface area contributed by atoms with E-state index in [4.69, 9.17) is 15.6 Å². The summed E-state index contributed by atoms with van der Waals surface area (Å²) < 4.78 is 58.3. The number of anilines is 2. The third kappa shape index (κ3) is 6.46. The molecule has 0 spiro atoms. The van der Waals surface area contributed by atoms with E-state index in [-0.39, 0.29) is 28.4 Å². The normalized spacial score (nSPS) is 11.0. The van der Waals surface area contributed by atoms with Crippen molar-refractivity contribution in [2.24, 2.45) is 7.05 Å². The Morgan fingerprint density at radius 1 is 1.14 bits per heavy atom. The number of carbonyl (C=O) groups is 3. The van der Waals surface area contributed by atoms with Crippen LogP contribution in [-0.2, 0) is 16.6 Å². The van der Waals surface area contributed by atoms with E-state index < -0.39 is 36.3 Å². The number of nitrogens with zero attached hydrogens (tertiary/aromatic N) is 2. The van der Waals surface area contributed by atoms with Crippen LogP contribution < -0.4 is 21.1 Å². The lowest BCUT2D eigenvalue weighted by molar-refractivity contribution is -0.130. The van der Waals surface area contributed by atoms with Gasteiger partial charge in [0.25, 0.3) is 11.8 Å². The van der Waals surface area contributed by atoms with Gasteiger partial charge in [-0.15, -0.1) is 0 Å². The summed E-state index contributed by atoms with van der Waals surface area (Å²) in [5, 5.41) is 13.7. The Balaban J connectivity index is 1.97. The number of pyridine rings is 1. The molecular formula is C30H23F4N5O5. The summed E-state index contributed by atoms with van der Waals surface area (Å²) >= 11 is 0. The Morgan fingerprint density at radius 2 is 1.80 bits per heavy atom. The molecule has 2 heterocycles. The molecule has 2 amide bonds. The van der Waals surface area contributed by atoms with Crippen LogP contribution in [0.25, 0.3) is 33.3 Å². The van der Waals surface area contributed by atoms with Crippen LogP contribution in [0.4, 0.5) is 29.1 Å². The first-order valence-electron chi connectivity index (χ1n) is 12.5. The van der Waals surface area contributed by atoms with Gasteiger partial charge in [0.1, 0.15) is 18.1 Å². The van der Waals surface area contributed by atoms with Crippen molar-refractivity contribution in [3.63, 3.8) is 0 Å². The van der Waals surface area contributed by atoms with Gasteiger partial charge in [-0.25, -0.2) is 14.2 Å². The van der Waals surface area contributed by atoms with E-state index in [0.29, 0.717) is 33.3 Å². The van der Waals surface area contributed by atoms with Crippen molar-refractivity contribution in [1.29, 1.82) is 0 Å². The minimum Gasteiger partial charge on any atom is -0.496 e. The number of nitrogens with two attached hydrogens (primary N) is 1. The second-order valence-corrected chi connectivity index (χ2v) is 9.27. The minimum absolute atomic E-state index is 0.0389. The predicted molar refractivity (Wildman–Crippen MR) is 154 cm³/mol. The lowest BCUT2D eigenvalue weighted by atomic mass is 9.96. The second kappa shape index (κ2) is 12.2. The highest BCUT2D eigenvalue weighted by Crippen LogP contribution is 2.44. The second-order valence-electron chi connectivity index (χ2n) is 9.27. The molecular weight excluding hydrogens is 586 g/mol. The zero-order chi connectivity index (χ0) is 32.3. The molecule has 0 fully saturated rings. The van der Waals surface area contributed by atoms with E-state index in [9.17, 15) is 31.9 Å². The summed E-state index contributed by atoms with van der Waals surface area (Å²) in [6.45, 7) is 1.42. The molecule has 10 nitrogen and oxygen atoms in total. The fourth-order valence-electron chi connectivity index (χ4n) is 4.56. The van der Waals surface area contributed by atoms with E-state index in [2.05, 4.69) is 28.7 Å². The highest BCUT2D eigenvalue weighted by Gasteiger charge is 2.29. The summed E-state index contributed by atoms with van der Waals surface area (Å²) in [5.41, 5.74) is 9.00. The number of nitrogen functional groups attached to an aromatic ring is 1. The number of carbonyl (C=O) groups excluding carboxylic acids is 2. The molecule has 0 aliphatic heterocycles. The van der Waals surface area contributed by atoms with Crippen LogP contribution in [0.15, 0.2) is 61.1 Å². The molecule has 5 N–H and O–H groups in total. The molecule has 2 aromatic heterocycles. The van der Waals surface area contributed by atoms with Gasteiger partial charge in [-0.05, 0) is 35.4 Å². The summed E-state index contributed by atoms with van der Waals surface area (Å²) in [5.74, 6) is 0.0547. The minimum atomic E-state index is -4.62. The topological polar surface area (TPSA) is 149 Å². The van der Waals surface area contributed by atoms with Crippen molar-refractivity contribution in [1.82, 2.24) is 14.9 Å². The van der Waals surface area contributed by atoms with Crippen LogP contribution in [0, 0.1) is 11.8 Å². The number of aromatic nitrogens is 2. The average molecular weight is 610 g/mol. The fraction of sp³-hybridized carbons (Fsp3) is 0.133. The van der Waals surface area contributed by atoms with Gasteiger partial charge in [-0.3, -0.25) is 9.59 Å². The number of methoxy groups -OCH3 is 1. The summed E-state index contributed by atoms with van der Waals surface area (Å²) in [7, 11) is 2.92. The maximum Gasteiger partial charge on any atom is 0.405 e. The van der Waals surface area contributed by atoms with Crippen molar-refractivity contribution >= 4 is 40.2 Å². The van der Waals surface area contributed by atoms with E-state index >= 15 is 0 Å². The number of halogens is 4. The van der Waals surface area contributed by atoms with E-state index in [1.54, 1.807) is 23.7 Å². The van der Waals surface area contributed by atoms with Gasteiger partial charge in [-0.2, -0.15) is 13.2 Å². The van der Waals surface area contributed by atoms with Gasteiger partial charge < -0.3 is 30.8 Å². The number of hydrogen-bond acceptors (Lipinski definition) is 6. The number of aryl methyl sites for hydroxylation is 1. The number of ether oxygens (including phenoxy) is 1. The zero-order valence-electron chi connectivity index (χ0n) is 23.1. The number of alkyl halides is 3. The van der Waals surface area contributed by atoms with Crippen molar-refractivity contribution in [2.45, 2.75) is 6.18 Å². The van der Waals surface area contributed by atoms with Crippen molar-refractivity contribution in [2.75, 3.05) is 24.7 Å². The van der Waals surface area contributed by atoms with Crippen LogP contribution >= 0.6 is 0 Å². The van der Waals surface area contributed by atoms with Gasteiger partial charge in [0, 0.05) is 30.4 Å². The third-order valence-corrected chi connectivity index (χ3v) is 6.39. The number of fused-ring (bicyclic) bond motifs is 1. The lowest BCUT2D eigenvalue weighted by Gasteiger charge is -2.14. The SMILES string of the molecule is C=C(F)C(=O)Nc1ccc(-c2c(-c3ccc(C(=O)NCC(F)(F)F)c(OC)c3)c3c(N)ncc(C#CC(=O)O)c3n2C)cc1. The molecule has 0 saturated carbocycles. The van der Waals surface area contributed by atoms with E-state index in [0.717, 1.165) is 0 Å². The molecule has 4 aromatic rings. The summed E-state index contributed by atoms with van der Waals surface area (Å²) in [6, 6.07) is 10.5. The highest BCUT2D eigenvalue weighted by atomic mass is 19.4. The van der Waals surface area contributed by atoms with E-state index in [1.165, 1.54) is 43.6 Å². The first-order valence-corrected chi connectivity index (χ1v) is 12.5. The highest BCUT2D eigenvalue weighted by molar-refractivity contribution is 6.11. The number of hydrogen-bond donors (Lipinski definition) is 4. The average Bonchev–Trinajstić information content (AvgIpc) is 3.28. The van der Waals surface area contributed by atoms with Crippen LogP contribution in [0.3, 0.4) is 0 Å². The Morgan fingerprint density at radius 3 is 2.39 bits per heavy atom. The largest absolute Gasteiger partial charge is 0.496 e. The summed E-state index contributed by atoms with van der Waals surface area (Å²) in [4.78, 5) is 39.7. The number of carboxylic acids is 1. The Hall–Kier alpha value is -5.84. The molecule has 0 bridgehead atoms. The van der Waals surface area contributed by atoms with Crippen molar-refractivity contribution in [3.8, 4) is 40.0 Å². The number of amides is 2. The third-order valence-electron chi connectivity index (χ3n) is 6.39. The fourth-order valence-corrected chi connectivity index (χ4v) is 4.56. The smallest absolute Gasteiger partial charge is 0.405 e. The molecule has 226 valence electrons. The summed E-state index contributed by atoms with van der Waals surface area (Å²) in [6.07, 6.45) is -3.30. The van der Waals surface area contributed by atoms with Gasteiger partial charge in [0.05, 0.1) is 34.8 Å². The quantitative estimate of drug-likeness (QED) is 0.135. The Bertz CT molecular complexity index is 1890. The molecule has 4 rings (SSSR count). The van der Waals surface area contributed by atoms with Crippen LogP contribution in [0.2, 0.25) is 0 Å². The Kier molecular flexibility index (Phi) is 8.61. The monoisotopic (exact) mass is 609 g/mol. The molecule has 0 aliphatic rings. The zero-order valence-corrected chi connectivity index (χ0v) is 23.1. The molecule has 0 aliphatic carbocycles. The van der Waals surface area contributed by atoms with Gasteiger partial charge >= 0.3 is 12.1 Å². The van der Waals surface area contributed by atoms with Gasteiger partial charge in [-0.1, -0.05) is 30.7 Å². The molecule has 2 aromatic carbocycles. The number of aliphatic carboxylic acids is 1. The van der Waals surface area contributed by atoms with Crippen LogP contribution in [0.1, 0.15) is 15.9 Å². The van der Waals surface area contributed by atoms with Crippen LogP contribution in [-0.4, -0.2) is 52.3 Å². The molecule has 0 saturated heterocycles. The molecule has 0 unspecified atom stereocenters. The maximum absolute atomic E-state index is 13.2. The first kappa shape index (κ1) is 31.1. The number of benzene rings is 2. The number of rotatable bonds is 7. The van der Waals surface area contributed by atoms with Gasteiger partial charge in [0.15, 0.2) is 5.83 Å². The van der Waals surface area contributed by atoms with Crippen molar-refractivity contribution < 1.29 is 41.8 Å². The molecule has 14 heteroatoms. The lowest BCUT2D eigenvalue weighted by Crippen LogP contribution is -2.33. The maximum atomic E-state index is 13.2. The molecule has 44 heavy (non-hydrogen) atoms. The van der Waals surface area contributed by atoms with Crippen molar-refractivity contribution in [3.05, 3.63) is 72.2 Å². The van der Waals surface area contributed by atoms with E-state index in [1.807, 2.05) is 5.32 Å².